The lowest BCUT2D eigenvalue weighted by Crippen LogP contribution is -2.50. The fourth-order valence-electron chi connectivity index (χ4n) is 3.69. The van der Waals surface area contributed by atoms with Gasteiger partial charge in [0.25, 0.3) is 0 Å². The quantitative estimate of drug-likeness (QED) is 0.784. The van der Waals surface area contributed by atoms with Gasteiger partial charge in [-0.2, -0.15) is 0 Å². The first kappa shape index (κ1) is 20.6. The number of hydrogen-bond acceptors (Lipinski definition) is 6. The topological polar surface area (TPSA) is 100 Å². The maximum Gasteiger partial charge on any atom is 0.414 e. The van der Waals surface area contributed by atoms with Crippen molar-refractivity contribution in [1.82, 2.24) is 19.8 Å². The van der Waals surface area contributed by atoms with Gasteiger partial charge in [0.1, 0.15) is 18.2 Å². The van der Waals surface area contributed by atoms with E-state index in [2.05, 4.69) is 10.3 Å². The number of imidazole rings is 1. The molecule has 2 aliphatic heterocycles. The van der Waals surface area contributed by atoms with Crippen molar-refractivity contribution >= 4 is 29.4 Å². The van der Waals surface area contributed by atoms with Gasteiger partial charge in [0.15, 0.2) is 0 Å². The Labute approximate surface area is 178 Å². The monoisotopic (exact) mass is 430 g/mol. The van der Waals surface area contributed by atoms with Crippen molar-refractivity contribution in [3.8, 4) is 0 Å². The van der Waals surface area contributed by atoms with Gasteiger partial charge < -0.3 is 19.9 Å². The van der Waals surface area contributed by atoms with Crippen LogP contribution in [0.1, 0.15) is 6.92 Å². The van der Waals surface area contributed by atoms with Crippen LogP contribution in [0.5, 0.6) is 0 Å². The molecule has 2 fully saturated rings. The summed E-state index contributed by atoms with van der Waals surface area (Å²) in [5.41, 5.74) is 0.811. The highest BCUT2D eigenvalue weighted by molar-refractivity contribution is 5.90. The van der Waals surface area contributed by atoms with E-state index < -0.39 is 18.0 Å². The summed E-state index contributed by atoms with van der Waals surface area (Å²) >= 11 is 0. The molecular formula is C20H23FN6O4. The molecule has 3 amide bonds. The van der Waals surface area contributed by atoms with Crippen molar-refractivity contribution in [3.05, 3.63) is 42.7 Å². The third-order valence-corrected chi connectivity index (χ3v) is 5.31. The van der Waals surface area contributed by atoms with Crippen LogP contribution in [0.15, 0.2) is 36.9 Å². The minimum absolute atomic E-state index is 0.158. The summed E-state index contributed by atoms with van der Waals surface area (Å²) in [7, 11) is 0. The molecule has 0 aliphatic carbocycles. The number of benzene rings is 1. The van der Waals surface area contributed by atoms with Crippen LogP contribution < -0.4 is 15.1 Å². The number of halogens is 1. The smallest absolute Gasteiger partial charge is 0.414 e. The first-order valence-corrected chi connectivity index (χ1v) is 9.96. The lowest BCUT2D eigenvalue weighted by atomic mass is 10.2. The van der Waals surface area contributed by atoms with Crippen LogP contribution in [0.4, 0.5) is 25.4 Å². The zero-order valence-corrected chi connectivity index (χ0v) is 17.0. The number of amides is 3. The summed E-state index contributed by atoms with van der Waals surface area (Å²) in [4.78, 5) is 44.4. The Bertz CT molecular complexity index is 974. The third-order valence-electron chi connectivity index (χ3n) is 5.31. The second-order valence-corrected chi connectivity index (χ2v) is 7.42. The predicted molar refractivity (Wildman–Crippen MR) is 110 cm³/mol. The molecule has 3 heterocycles. The molecule has 2 aromatic rings. The largest absolute Gasteiger partial charge is 0.442 e. The van der Waals surface area contributed by atoms with E-state index >= 15 is 0 Å². The maximum atomic E-state index is 14.9. The van der Waals surface area contributed by atoms with E-state index in [1.807, 2.05) is 4.90 Å². The van der Waals surface area contributed by atoms with Crippen molar-refractivity contribution in [3.63, 3.8) is 0 Å². The number of rotatable bonds is 4. The van der Waals surface area contributed by atoms with Crippen molar-refractivity contribution in [2.75, 3.05) is 49.1 Å². The first-order valence-electron chi connectivity index (χ1n) is 9.96. The highest BCUT2D eigenvalue weighted by atomic mass is 19.1. The third kappa shape index (κ3) is 4.44. The number of cyclic esters (lactones) is 1. The molecule has 10 nitrogen and oxygen atoms in total. The molecule has 164 valence electrons. The molecule has 1 aromatic heterocycles. The van der Waals surface area contributed by atoms with Crippen LogP contribution in [0.3, 0.4) is 0 Å². The Morgan fingerprint density at radius 2 is 2.03 bits per heavy atom. The molecule has 0 spiro atoms. The zero-order chi connectivity index (χ0) is 22.0. The van der Waals surface area contributed by atoms with Crippen molar-refractivity contribution < 1.29 is 23.5 Å². The number of anilines is 2. The number of nitrogens with one attached hydrogen (secondary N) is 1. The molecule has 0 saturated carbocycles. The van der Waals surface area contributed by atoms with Gasteiger partial charge in [0.2, 0.25) is 5.91 Å². The lowest BCUT2D eigenvalue weighted by Gasteiger charge is -2.36. The average molecular weight is 430 g/mol. The molecule has 1 atom stereocenters. The Balaban J connectivity index is 1.38. The van der Waals surface area contributed by atoms with Gasteiger partial charge in [-0.15, -0.1) is 0 Å². The van der Waals surface area contributed by atoms with Gasteiger partial charge in [-0.3, -0.25) is 14.3 Å². The Morgan fingerprint density at radius 1 is 1.26 bits per heavy atom. The number of hydrogen-bond donors (Lipinski definition) is 1. The van der Waals surface area contributed by atoms with Crippen LogP contribution >= 0.6 is 0 Å². The van der Waals surface area contributed by atoms with Gasteiger partial charge in [-0.1, -0.05) is 0 Å². The minimum Gasteiger partial charge on any atom is -0.442 e. The molecule has 0 unspecified atom stereocenters. The summed E-state index contributed by atoms with van der Waals surface area (Å²) in [6.45, 7) is 3.72. The molecular weight excluding hydrogens is 407 g/mol. The molecule has 4 rings (SSSR count). The average Bonchev–Trinajstić information content (AvgIpc) is 3.42. The Kier molecular flexibility index (Phi) is 5.74. The summed E-state index contributed by atoms with van der Waals surface area (Å²) in [5, 5.41) is 2.61. The van der Waals surface area contributed by atoms with E-state index in [1.54, 1.807) is 29.4 Å². The van der Waals surface area contributed by atoms with Crippen LogP contribution in [-0.2, 0) is 9.53 Å². The summed E-state index contributed by atoms with van der Waals surface area (Å²) in [6, 6.07) is 4.45. The zero-order valence-electron chi connectivity index (χ0n) is 17.0. The molecule has 1 N–H and O–H groups in total. The maximum absolute atomic E-state index is 14.9. The van der Waals surface area contributed by atoms with E-state index in [0.29, 0.717) is 37.6 Å². The van der Waals surface area contributed by atoms with Crippen molar-refractivity contribution in [1.29, 1.82) is 0 Å². The summed E-state index contributed by atoms with van der Waals surface area (Å²) < 4.78 is 21.5. The van der Waals surface area contributed by atoms with Gasteiger partial charge in [-0.25, -0.2) is 19.0 Å². The Hall–Kier alpha value is -3.63. The van der Waals surface area contributed by atoms with Gasteiger partial charge in [0.05, 0.1) is 24.5 Å². The van der Waals surface area contributed by atoms with E-state index in [1.165, 1.54) is 28.8 Å². The minimum atomic E-state index is -0.575. The molecule has 11 heteroatoms. The van der Waals surface area contributed by atoms with E-state index in [0.717, 1.165) is 0 Å². The second kappa shape index (κ2) is 8.62. The van der Waals surface area contributed by atoms with Crippen LogP contribution in [0.25, 0.3) is 0 Å². The van der Waals surface area contributed by atoms with E-state index in [9.17, 15) is 18.8 Å². The van der Waals surface area contributed by atoms with Crippen molar-refractivity contribution in [2.24, 2.45) is 0 Å². The van der Waals surface area contributed by atoms with Gasteiger partial charge in [0, 0.05) is 45.5 Å². The summed E-state index contributed by atoms with van der Waals surface area (Å²) in [6.07, 6.45) is 3.53. The highest BCUT2D eigenvalue weighted by Gasteiger charge is 2.33. The number of carbonyl (C=O) groups excluding carboxylic acids is 3. The number of nitrogens with zero attached hydrogens (tertiary/aromatic N) is 5. The predicted octanol–water partition coefficient (Wildman–Crippen LogP) is 1.27. The van der Waals surface area contributed by atoms with Gasteiger partial charge >= 0.3 is 12.1 Å². The fraction of sp³-hybridized carbons (Fsp3) is 0.400. The molecule has 0 bridgehead atoms. The van der Waals surface area contributed by atoms with Crippen LogP contribution in [-0.4, -0.2) is 77.9 Å². The SMILES string of the molecule is CC(=O)NC[C@H]1CN(c2ccc(N3CCN(C(=O)n4ccnc4)CC3)c(F)c2)C(=O)O1. The molecule has 31 heavy (non-hydrogen) atoms. The van der Waals surface area contributed by atoms with Gasteiger partial charge in [-0.05, 0) is 18.2 Å². The lowest BCUT2D eigenvalue weighted by molar-refractivity contribution is -0.119. The number of piperazine rings is 1. The summed E-state index contributed by atoms with van der Waals surface area (Å²) in [5.74, 6) is -0.665. The number of aromatic nitrogens is 2. The highest BCUT2D eigenvalue weighted by Crippen LogP contribution is 2.28. The second-order valence-electron chi connectivity index (χ2n) is 7.42. The standard InChI is InChI=1S/C20H23FN6O4/c1-14(28)23-11-16-12-27(20(30)31-16)15-2-3-18(17(21)10-15)24-6-8-25(9-7-24)19(29)26-5-4-22-13-26/h2-5,10,13,16H,6-9,11-12H2,1H3,(H,23,28)/t16-/m0/s1. The first-order chi connectivity index (χ1) is 14.9. The Morgan fingerprint density at radius 3 is 2.68 bits per heavy atom. The normalized spacial score (nSPS) is 18.8. The van der Waals surface area contributed by atoms with Crippen molar-refractivity contribution in [2.45, 2.75) is 13.0 Å². The van der Waals surface area contributed by atoms with Crippen LogP contribution in [0.2, 0.25) is 0 Å². The van der Waals surface area contributed by atoms with E-state index in [4.69, 9.17) is 4.74 Å². The number of carbonyl (C=O) groups is 3. The molecule has 2 aliphatic rings. The molecule has 1 aromatic carbocycles. The van der Waals surface area contributed by atoms with E-state index in [-0.39, 0.29) is 25.0 Å². The molecule has 2 saturated heterocycles. The fourth-order valence-corrected chi connectivity index (χ4v) is 3.69. The van der Waals surface area contributed by atoms with Crippen LogP contribution in [0, 0.1) is 5.82 Å². The molecule has 0 radical (unpaired) electrons. The number of ether oxygens (including phenoxy) is 1.